The SMILES string of the molecule is CC(C(=O)OCc1ccccc1)c1ccon1. The summed E-state index contributed by atoms with van der Waals surface area (Å²) in [6, 6.07) is 11.2. The Hall–Kier alpha value is -2.10. The summed E-state index contributed by atoms with van der Waals surface area (Å²) in [6.45, 7) is 2.02. The van der Waals surface area contributed by atoms with Crippen LogP contribution >= 0.6 is 0 Å². The molecule has 0 spiro atoms. The third kappa shape index (κ3) is 2.93. The maximum atomic E-state index is 11.7. The zero-order chi connectivity index (χ0) is 12.1. The highest BCUT2D eigenvalue weighted by molar-refractivity contribution is 5.76. The van der Waals surface area contributed by atoms with Crippen LogP contribution in [0.5, 0.6) is 0 Å². The Morgan fingerprint density at radius 1 is 1.35 bits per heavy atom. The fourth-order valence-corrected chi connectivity index (χ4v) is 1.42. The highest BCUT2D eigenvalue weighted by Gasteiger charge is 2.19. The van der Waals surface area contributed by atoms with Crippen LogP contribution in [0.15, 0.2) is 47.2 Å². The van der Waals surface area contributed by atoms with Crippen LogP contribution < -0.4 is 0 Å². The monoisotopic (exact) mass is 231 g/mol. The molecule has 0 aliphatic carbocycles. The van der Waals surface area contributed by atoms with Crippen molar-refractivity contribution in [3.8, 4) is 0 Å². The molecule has 0 aliphatic heterocycles. The zero-order valence-electron chi connectivity index (χ0n) is 9.50. The van der Waals surface area contributed by atoms with Crippen molar-refractivity contribution in [2.24, 2.45) is 0 Å². The number of aromatic nitrogens is 1. The lowest BCUT2D eigenvalue weighted by atomic mass is 10.1. The Morgan fingerprint density at radius 2 is 2.12 bits per heavy atom. The van der Waals surface area contributed by atoms with E-state index in [2.05, 4.69) is 5.16 Å². The highest BCUT2D eigenvalue weighted by atomic mass is 16.5. The summed E-state index contributed by atoms with van der Waals surface area (Å²) in [7, 11) is 0. The predicted molar refractivity (Wildman–Crippen MR) is 61.2 cm³/mol. The highest BCUT2D eigenvalue weighted by Crippen LogP contribution is 2.15. The van der Waals surface area contributed by atoms with Gasteiger partial charge in [0.1, 0.15) is 12.9 Å². The van der Waals surface area contributed by atoms with Gasteiger partial charge in [0.15, 0.2) is 0 Å². The maximum Gasteiger partial charge on any atom is 0.315 e. The van der Waals surface area contributed by atoms with Gasteiger partial charge in [-0.15, -0.1) is 0 Å². The Kier molecular flexibility index (Phi) is 3.55. The number of carbonyl (C=O) groups excluding carboxylic acids is 1. The second-order valence-electron chi connectivity index (χ2n) is 3.74. The molecule has 0 bridgehead atoms. The fraction of sp³-hybridized carbons (Fsp3) is 0.231. The van der Waals surface area contributed by atoms with E-state index < -0.39 is 5.92 Å². The van der Waals surface area contributed by atoms with Crippen LogP contribution in [-0.2, 0) is 16.1 Å². The van der Waals surface area contributed by atoms with E-state index in [9.17, 15) is 4.79 Å². The van der Waals surface area contributed by atoms with Gasteiger partial charge >= 0.3 is 5.97 Å². The molecule has 0 aliphatic rings. The van der Waals surface area contributed by atoms with Crippen LogP contribution in [0.1, 0.15) is 24.1 Å². The fourth-order valence-electron chi connectivity index (χ4n) is 1.42. The number of nitrogens with zero attached hydrogens (tertiary/aromatic N) is 1. The van der Waals surface area contributed by atoms with E-state index in [1.165, 1.54) is 6.26 Å². The summed E-state index contributed by atoms with van der Waals surface area (Å²) >= 11 is 0. The van der Waals surface area contributed by atoms with Gasteiger partial charge in [-0.1, -0.05) is 35.5 Å². The predicted octanol–water partition coefficient (Wildman–Crippen LogP) is 2.52. The molecule has 2 rings (SSSR count). The number of benzene rings is 1. The lowest BCUT2D eigenvalue weighted by molar-refractivity contribution is -0.146. The average molecular weight is 231 g/mol. The molecule has 4 nitrogen and oxygen atoms in total. The summed E-state index contributed by atoms with van der Waals surface area (Å²) in [4.78, 5) is 11.7. The van der Waals surface area contributed by atoms with E-state index in [-0.39, 0.29) is 12.6 Å². The van der Waals surface area contributed by atoms with Gasteiger partial charge in [-0.2, -0.15) is 0 Å². The third-order valence-corrected chi connectivity index (χ3v) is 2.48. The van der Waals surface area contributed by atoms with Crippen molar-refractivity contribution in [2.75, 3.05) is 0 Å². The van der Waals surface area contributed by atoms with Crippen LogP contribution in [0.4, 0.5) is 0 Å². The molecule has 88 valence electrons. The first-order chi connectivity index (χ1) is 8.27. The Labute approximate surface area is 99.2 Å². The zero-order valence-corrected chi connectivity index (χ0v) is 9.50. The lowest BCUT2D eigenvalue weighted by Gasteiger charge is -2.08. The first-order valence-electron chi connectivity index (χ1n) is 5.38. The second kappa shape index (κ2) is 5.30. The molecule has 0 N–H and O–H groups in total. The first-order valence-corrected chi connectivity index (χ1v) is 5.38. The van der Waals surface area contributed by atoms with Gasteiger partial charge in [-0.3, -0.25) is 4.79 Å². The number of hydrogen-bond donors (Lipinski definition) is 0. The number of ether oxygens (including phenoxy) is 1. The summed E-state index contributed by atoms with van der Waals surface area (Å²) < 4.78 is 9.88. The first kappa shape index (κ1) is 11.4. The van der Waals surface area contributed by atoms with Crippen molar-refractivity contribution in [1.82, 2.24) is 5.16 Å². The number of esters is 1. The summed E-state index contributed by atoms with van der Waals surface area (Å²) in [5.41, 5.74) is 1.55. The van der Waals surface area contributed by atoms with Gasteiger partial charge in [-0.05, 0) is 12.5 Å². The van der Waals surface area contributed by atoms with Gasteiger partial charge in [0.2, 0.25) is 0 Å². The Balaban J connectivity index is 1.90. The normalized spacial score (nSPS) is 12.1. The molecule has 1 unspecified atom stereocenters. The van der Waals surface area contributed by atoms with Gasteiger partial charge < -0.3 is 9.26 Å². The van der Waals surface area contributed by atoms with Crippen molar-refractivity contribution < 1.29 is 14.1 Å². The number of hydrogen-bond acceptors (Lipinski definition) is 4. The van der Waals surface area contributed by atoms with Crippen molar-refractivity contribution >= 4 is 5.97 Å². The minimum Gasteiger partial charge on any atom is -0.460 e. The Morgan fingerprint density at radius 3 is 2.76 bits per heavy atom. The third-order valence-electron chi connectivity index (χ3n) is 2.48. The molecule has 17 heavy (non-hydrogen) atoms. The molecule has 0 fully saturated rings. The molecule has 0 saturated carbocycles. The molecule has 1 aromatic heterocycles. The molecule has 4 heteroatoms. The van der Waals surface area contributed by atoms with Crippen LogP contribution in [0.25, 0.3) is 0 Å². The van der Waals surface area contributed by atoms with E-state index >= 15 is 0 Å². The van der Waals surface area contributed by atoms with E-state index in [1.807, 2.05) is 30.3 Å². The number of carbonyl (C=O) groups is 1. The maximum absolute atomic E-state index is 11.7. The second-order valence-corrected chi connectivity index (χ2v) is 3.74. The molecule has 0 radical (unpaired) electrons. The minimum absolute atomic E-state index is 0.280. The molecule has 1 heterocycles. The molecular formula is C13H13NO3. The quantitative estimate of drug-likeness (QED) is 0.759. The smallest absolute Gasteiger partial charge is 0.315 e. The average Bonchev–Trinajstić information content (AvgIpc) is 2.90. The van der Waals surface area contributed by atoms with Crippen LogP contribution in [-0.4, -0.2) is 11.1 Å². The van der Waals surface area contributed by atoms with Gasteiger partial charge in [0, 0.05) is 6.07 Å². The molecule has 1 aromatic carbocycles. The molecule has 0 saturated heterocycles. The number of rotatable bonds is 4. The molecular weight excluding hydrogens is 218 g/mol. The topological polar surface area (TPSA) is 52.3 Å². The van der Waals surface area contributed by atoms with Crippen molar-refractivity contribution in [3.05, 3.63) is 53.9 Å². The van der Waals surface area contributed by atoms with Crippen molar-refractivity contribution in [3.63, 3.8) is 0 Å². The van der Waals surface area contributed by atoms with Crippen molar-refractivity contribution in [2.45, 2.75) is 19.4 Å². The van der Waals surface area contributed by atoms with Crippen molar-refractivity contribution in [1.29, 1.82) is 0 Å². The molecule has 1 atom stereocenters. The summed E-state index contributed by atoms with van der Waals surface area (Å²) in [5, 5.41) is 3.72. The largest absolute Gasteiger partial charge is 0.460 e. The van der Waals surface area contributed by atoms with E-state index in [0.29, 0.717) is 5.69 Å². The summed E-state index contributed by atoms with van der Waals surface area (Å²) in [6.07, 6.45) is 1.44. The minimum atomic E-state index is -0.405. The van der Waals surface area contributed by atoms with Crippen LogP contribution in [0, 0.1) is 0 Å². The van der Waals surface area contributed by atoms with E-state index in [0.717, 1.165) is 5.56 Å². The van der Waals surface area contributed by atoms with E-state index in [4.69, 9.17) is 9.26 Å². The van der Waals surface area contributed by atoms with E-state index in [1.54, 1.807) is 13.0 Å². The lowest BCUT2D eigenvalue weighted by Crippen LogP contribution is -2.13. The molecule has 0 amide bonds. The summed E-state index contributed by atoms with van der Waals surface area (Å²) in [5.74, 6) is -0.708. The van der Waals surface area contributed by atoms with Gasteiger partial charge in [0.25, 0.3) is 0 Å². The van der Waals surface area contributed by atoms with Crippen LogP contribution in [0.3, 0.4) is 0 Å². The standard InChI is InChI=1S/C13H13NO3/c1-10(12-7-8-17-14-12)13(15)16-9-11-5-3-2-4-6-11/h2-8,10H,9H2,1H3. The van der Waals surface area contributed by atoms with Gasteiger partial charge in [0.05, 0.1) is 11.6 Å². The van der Waals surface area contributed by atoms with Gasteiger partial charge in [-0.25, -0.2) is 0 Å². The van der Waals surface area contributed by atoms with Crippen LogP contribution in [0.2, 0.25) is 0 Å². The Bertz CT molecular complexity index is 465. The molecule has 2 aromatic rings.